The Morgan fingerprint density at radius 1 is 1.36 bits per heavy atom. The van der Waals surface area contributed by atoms with E-state index in [0.29, 0.717) is 6.54 Å². The minimum absolute atomic E-state index is 0.0559. The number of hydrogen-bond donors (Lipinski definition) is 2. The van der Waals surface area contributed by atoms with E-state index >= 15 is 0 Å². The van der Waals surface area contributed by atoms with Gasteiger partial charge in [0.2, 0.25) is 5.91 Å². The van der Waals surface area contributed by atoms with E-state index < -0.39 is 0 Å². The average molecular weight is 257 g/mol. The van der Waals surface area contributed by atoms with Crippen molar-refractivity contribution in [1.29, 1.82) is 0 Å². The molecule has 0 fully saturated rings. The van der Waals surface area contributed by atoms with Crippen LogP contribution in [-0.4, -0.2) is 19.0 Å². The minimum atomic E-state index is -0.109. The first kappa shape index (κ1) is 11.2. The fraction of sp³-hybridized carbons (Fsp3) is 0.300. The van der Waals surface area contributed by atoms with E-state index in [0.717, 1.165) is 10.9 Å². The second-order valence-corrected chi connectivity index (χ2v) is 3.85. The first-order chi connectivity index (χ1) is 6.72. The topological polar surface area (TPSA) is 55.1 Å². The fourth-order valence-corrected chi connectivity index (χ4v) is 1.33. The zero-order valence-electron chi connectivity index (χ0n) is 7.79. The van der Waals surface area contributed by atoms with Gasteiger partial charge < -0.3 is 11.1 Å². The van der Waals surface area contributed by atoms with Gasteiger partial charge in [0.15, 0.2) is 0 Å². The number of nitrogens with two attached hydrogens (primary N) is 1. The number of carbonyl (C=O) groups is 1. The van der Waals surface area contributed by atoms with Crippen LogP contribution in [0.4, 0.5) is 0 Å². The Hall–Kier alpha value is -0.870. The van der Waals surface area contributed by atoms with Crippen molar-refractivity contribution in [2.24, 2.45) is 5.73 Å². The predicted molar refractivity (Wildman–Crippen MR) is 59.9 cm³/mol. The standard InChI is InChI=1S/C10H13BrN2O/c11-9-3-1-8(2-4-9)5-6-13-10(14)7-12/h1-4H,5-7,12H2,(H,13,14). The molecule has 0 aliphatic heterocycles. The van der Waals surface area contributed by atoms with Gasteiger partial charge in [-0.05, 0) is 24.1 Å². The van der Waals surface area contributed by atoms with Crippen molar-refractivity contribution in [3.05, 3.63) is 34.3 Å². The Morgan fingerprint density at radius 3 is 2.57 bits per heavy atom. The van der Waals surface area contributed by atoms with E-state index in [1.807, 2.05) is 24.3 Å². The number of halogens is 1. The molecule has 1 amide bonds. The summed E-state index contributed by atoms with van der Waals surface area (Å²) in [5.41, 5.74) is 6.35. The molecule has 0 aliphatic carbocycles. The van der Waals surface area contributed by atoms with Crippen molar-refractivity contribution in [2.75, 3.05) is 13.1 Å². The van der Waals surface area contributed by atoms with Crippen molar-refractivity contribution in [1.82, 2.24) is 5.32 Å². The summed E-state index contributed by atoms with van der Waals surface area (Å²) in [7, 11) is 0. The predicted octanol–water partition coefficient (Wildman–Crippen LogP) is 1.07. The summed E-state index contributed by atoms with van der Waals surface area (Å²) in [6, 6.07) is 8.03. The molecule has 0 spiro atoms. The molecule has 0 aliphatic rings. The van der Waals surface area contributed by atoms with E-state index in [4.69, 9.17) is 5.73 Å². The molecule has 1 aromatic carbocycles. The second-order valence-electron chi connectivity index (χ2n) is 2.93. The van der Waals surface area contributed by atoms with Crippen LogP contribution in [0.2, 0.25) is 0 Å². The minimum Gasteiger partial charge on any atom is -0.355 e. The first-order valence-electron chi connectivity index (χ1n) is 4.43. The van der Waals surface area contributed by atoms with Gasteiger partial charge in [0.1, 0.15) is 0 Å². The molecule has 4 heteroatoms. The molecule has 3 nitrogen and oxygen atoms in total. The van der Waals surface area contributed by atoms with Crippen LogP contribution in [0.15, 0.2) is 28.7 Å². The molecule has 0 atom stereocenters. The van der Waals surface area contributed by atoms with E-state index in [2.05, 4.69) is 21.2 Å². The van der Waals surface area contributed by atoms with Gasteiger partial charge in [0.05, 0.1) is 6.54 Å². The summed E-state index contributed by atoms with van der Waals surface area (Å²) in [4.78, 5) is 10.8. The summed E-state index contributed by atoms with van der Waals surface area (Å²) in [5, 5.41) is 2.72. The Kier molecular flexibility index (Phi) is 4.62. The molecule has 1 aromatic rings. The SMILES string of the molecule is NCC(=O)NCCc1ccc(Br)cc1. The third-order valence-electron chi connectivity index (χ3n) is 1.83. The number of amides is 1. The lowest BCUT2D eigenvalue weighted by Crippen LogP contribution is -2.31. The van der Waals surface area contributed by atoms with Gasteiger partial charge >= 0.3 is 0 Å². The Bertz CT molecular complexity index is 297. The van der Waals surface area contributed by atoms with Crippen LogP contribution in [0.25, 0.3) is 0 Å². The summed E-state index contributed by atoms with van der Waals surface area (Å²) in [6.45, 7) is 0.692. The number of nitrogens with one attached hydrogen (secondary N) is 1. The van der Waals surface area contributed by atoms with Crippen LogP contribution in [0.5, 0.6) is 0 Å². The summed E-state index contributed by atoms with van der Waals surface area (Å²) >= 11 is 3.36. The van der Waals surface area contributed by atoms with Crippen LogP contribution in [0.1, 0.15) is 5.56 Å². The lowest BCUT2D eigenvalue weighted by Gasteiger charge is -2.03. The van der Waals surface area contributed by atoms with Crippen molar-refractivity contribution < 1.29 is 4.79 Å². The third kappa shape index (κ3) is 3.89. The fourth-order valence-electron chi connectivity index (χ4n) is 1.07. The van der Waals surface area contributed by atoms with Gasteiger partial charge in [0.25, 0.3) is 0 Å². The zero-order chi connectivity index (χ0) is 10.4. The van der Waals surface area contributed by atoms with Crippen molar-refractivity contribution in [3.8, 4) is 0 Å². The van der Waals surface area contributed by atoms with Crippen molar-refractivity contribution in [3.63, 3.8) is 0 Å². The van der Waals surface area contributed by atoms with Gasteiger partial charge in [0, 0.05) is 11.0 Å². The highest BCUT2D eigenvalue weighted by Crippen LogP contribution is 2.10. The molecule has 1 rings (SSSR count). The summed E-state index contributed by atoms with van der Waals surface area (Å²) in [5.74, 6) is -0.109. The summed E-state index contributed by atoms with van der Waals surface area (Å²) in [6.07, 6.45) is 0.832. The smallest absolute Gasteiger partial charge is 0.233 e. The molecule has 0 saturated heterocycles. The highest BCUT2D eigenvalue weighted by Gasteiger charge is 1.96. The lowest BCUT2D eigenvalue weighted by atomic mass is 10.1. The van der Waals surface area contributed by atoms with Crippen molar-refractivity contribution in [2.45, 2.75) is 6.42 Å². The Morgan fingerprint density at radius 2 is 2.00 bits per heavy atom. The van der Waals surface area contributed by atoms with Gasteiger partial charge in [-0.3, -0.25) is 4.79 Å². The van der Waals surface area contributed by atoms with Gasteiger partial charge in [-0.2, -0.15) is 0 Å². The molecule has 0 radical (unpaired) electrons. The third-order valence-corrected chi connectivity index (χ3v) is 2.36. The number of rotatable bonds is 4. The molecule has 0 saturated carbocycles. The quantitative estimate of drug-likeness (QED) is 0.847. The molecule has 3 N–H and O–H groups in total. The van der Waals surface area contributed by atoms with E-state index in [1.165, 1.54) is 5.56 Å². The van der Waals surface area contributed by atoms with Crippen LogP contribution in [-0.2, 0) is 11.2 Å². The highest BCUT2D eigenvalue weighted by atomic mass is 79.9. The molecular weight excluding hydrogens is 244 g/mol. The lowest BCUT2D eigenvalue weighted by molar-refractivity contribution is -0.119. The van der Waals surface area contributed by atoms with Gasteiger partial charge in [-0.1, -0.05) is 28.1 Å². The molecule has 76 valence electrons. The largest absolute Gasteiger partial charge is 0.355 e. The van der Waals surface area contributed by atoms with Crippen LogP contribution in [0.3, 0.4) is 0 Å². The number of carbonyl (C=O) groups excluding carboxylic acids is 1. The monoisotopic (exact) mass is 256 g/mol. The van der Waals surface area contributed by atoms with Crippen LogP contribution < -0.4 is 11.1 Å². The number of benzene rings is 1. The average Bonchev–Trinajstić information content (AvgIpc) is 2.21. The zero-order valence-corrected chi connectivity index (χ0v) is 9.38. The number of hydrogen-bond acceptors (Lipinski definition) is 2. The van der Waals surface area contributed by atoms with E-state index in [9.17, 15) is 4.79 Å². The summed E-state index contributed by atoms with van der Waals surface area (Å²) < 4.78 is 1.06. The molecule has 14 heavy (non-hydrogen) atoms. The first-order valence-corrected chi connectivity index (χ1v) is 5.23. The van der Waals surface area contributed by atoms with E-state index in [-0.39, 0.29) is 12.5 Å². The van der Waals surface area contributed by atoms with Crippen molar-refractivity contribution >= 4 is 21.8 Å². The van der Waals surface area contributed by atoms with Gasteiger partial charge in [-0.15, -0.1) is 0 Å². The van der Waals surface area contributed by atoms with E-state index in [1.54, 1.807) is 0 Å². The molecule has 0 unspecified atom stereocenters. The van der Waals surface area contributed by atoms with Crippen LogP contribution in [0, 0.1) is 0 Å². The second kappa shape index (κ2) is 5.78. The maximum absolute atomic E-state index is 10.8. The Labute approximate surface area is 91.8 Å². The Balaban J connectivity index is 2.31. The maximum atomic E-state index is 10.8. The molecule has 0 bridgehead atoms. The maximum Gasteiger partial charge on any atom is 0.233 e. The molecule has 0 heterocycles. The molecular formula is C10H13BrN2O. The molecule has 0 aromatic heterocycles. The normalized spacial score (nSPS) is 9.86. The van der Waals surface area contributed by atoms with Crippen LogP contribution >= 0.6 is 15.9 Å². The highest BCUT2D eigenvalue weighted by molar-refractivity contribution is 9.10. The van der Waals surface area contributed by atoms with Gasteiger partial charge in [-0.25, -0.2) is 0 Å².